The summed E-state index contributed by atoms with van der Waals surface area (Å²) in [4.78, 5) is 40.7. The molecule has 4 N–H and O–H groups in total. The molecule has 0 saturated carbocycles. The number of rotatable bonds is 7. The second-order valence-electron chi connectivity index (χ2n) is 7.72. The summed E-state index contributed by atoms with van der Waals surface area (Å²) < 4.78 is 5.44. The molecule has 2 amide bonds. The van der Waals surface area contributed by atoms with Crippen molar-refractivity contribution in [2.24, 2.45) is 0 Å². The largest absolute Gasteiger partial charge is 0.479 e. The minimum Gasteiger partial charge on any atom is -0.479 e. The lowest BCUT2D eigenvalue weighted by molar-refractivity contribution is -0.139. The summed E-state index contributed by atoms with van der Waals surface area (Å²) in [6, 6.07) is 18.0. The number of H-pyrrole nitrogens is 1. The number of benzene rings is 2. The van der Waals surface area contributed by atoms with Crippen molar-refractivity contribution >= 4 is 35.3 Å². The third-order valence-electron chi connectivity index (χ3n) is 5.61. The predicted molar refractivity (Wildman–Crippen MR) is 127 cm³/mol. The molecule has 1 aliphatic carbocycles. The highest BCUT2D eigenvalue weighted by Gasteiger charge is 2.29. The van der Waals surface area contributed by atoms with Gasteiger partial charge in [0.05, 0.1) is 0 Å². The van der Waals surface area contributed by atoms with E-state index in [4.69, 9.17) is 4.74 Å². The summed E-state index contributed by atoms with van der Waals surface area (Å²) in [5.41, 5.74) is 4.39. The Kier molecular flexibility index (Phi) is 5.98. The average Bonchev–Trinajstić information content (AvgIpc) is 3.61. The van der Waals surface area contributed by atoms with Gasteiger partial charge in [0.1, 0.15) is 6.61 Å². The number of nitrogens with zero attached hydrogens (tertiary/aromatic N) is 2. The molecule has 176 valence electrons. The molecule has 2 aromatic carbocycles. The smallest absolute Gasteiger partial charge is 0.414 e. The molecule has 10 nitrogen and oxygen atoms in total. The van der Waals surface area contributed by atoms with Gasteiger partial charge in [0.25, 0.3) is 11.9 Å². The number of anilines is 1. The molecular formula is C24H19N5O5S. The Morgan fingerprint density at radius 1 is 1.03 bits per heavy atom. The number of fused-ring (bicyclic) bond motifs is 3. The first-order valence-electron chi connectivity index (χ1n) is 10.6. The molecule has 35 heavy (non-hydrogen) atoms. The highest BCUT2D eigenvalue weighted by molar-refractivity contribution is 7.10. The number of aromatic amines is 1. The minimum atomic E-state index is -1.23. The number of ether oxygens (including phenoxy) is 1. The Bertz CT molecular complexity index is 1360. The topological polar surface area (TPSA) is 146 Å². The first kappa shape index (κ1) is 22.3. The Morgan fingerprint density at radius 2 is 1.71 bits per heavy atom. The summed E-state index contributed by atoms with van der Waals surface area (Å²) in [5.74, 6) is -2.51. The Morgan fingerprint density at radius 3 is 2.34 bits per heavy atom. The van der Waals surface area contributed by atoms with Crippen LogP contribution in [0.25, 0.3) is 11.1 Å². The first-order valence-corrected chi connectivity index (χ1v) is 11.5. The lowest BCUT2D eigenvalue weighted by Gasteiger charge is -2.13. The van der Waals surface area contributed by atoms with Gasteiger partial charge in [-0.2, -0.15) is 4.98 Å². The maximum absolute atomic E-state index is 12.4. The molecule has 5 rings (SSSR count). The molecule has 0 bridgehead atoms. The predicted octanol–water partition coefficient (Wildman–Crippen LogP) is 3.78. The van der Waals surface area contributed by atoms with Gasteiger partial charge >= 0.3 is 12.1 Å². The molecule has 0 aliphatic heterocycles. The first-order chi connectivity index (χ1) is 17.0. The number of aromatic nitrogens is 3. The van der Waals surface area contributed by atoms with E-state index < -0.39 is 24.0 Å². The molecule has 0 saturated heterocycles. The van der Waals surface area contributed by atoms with Crippen LogP contribution < -0.4 is 10.6 Å². The number of hydrogen-bond donors (Lipinski definition) is 4. The molecule has 0 fully saturated rings. The van der Waals surface area contributed by atoms with E-state index in [2.05, 4.69) is 25.8 Å². The van der Waals surface area contributed by atoms with E-state index in [-0.39, 0.29) is 24.3 Å². The number of hydrogen-bond acceptors (Lipinski definition) is 7. The zero-order chi connectivity index (χ0) is 24.4. The van der Waals surface area contributed by atoms with Gasteiger partial charge < -0.3 is 15.2 Å². The van der Waals surface area contributed by atoms with Crippen LogP contribution in [0, 0.1) is 0 Å². The summed E-state index contributed by atoms with van der Waals surface area (Å²) in [7, 11) is 0. The summed E-state index contributed by atoms with van der Waals surface area (Å²) in [5, 5.41) is 22.1. The van der Waals surface area contributed by atoms with E-state index >= 15 is 0 Å². The molecule has 1 atom stereocenters. The quantitative estimate of drug-likeness (QED) is 0.309. The van der Waals surface area contributed by atoms with Crippen LogP contribution in [0.3, 0.4) is 0 Å². The monoisotopic (exact) mass is 489 g/mol. The standard InChI is InChI=1S/C24H19N5O5S/c30-21(25-19(22(31)32)18-10-5-11-35-18)20-26-23(29-28-20)27-24(33)34-12-17-15-8-3-1-6-13(15)14-7-2-4-9-16(14)17/h1-11,17,19H,12H2,(H,25,30)(H,31,32)(H2,26,27,28,29,33). The average molecular weight is 490 g/mol. The summed E-state index contributed by atoms with van der Waals surface area (Å²) in [6.45, 7) is 0.110. The lowest BCUT2D eigenvalue weighted by atomic mass is 9.98. The van der Waals surface area contributed by atoms with E-state index in [1.807, 2.05) is 48.5 Å². The van der Waals surface area contributed by atoms with E-state index in [0.29, 0.717) is 4.88 Å². The Balaban J connectivity index is 1.21. The highest BCUT2D eigenvalue weighted by atomic mass is 32.1. The van der Waals surface area contributed by atoms with Crippen molar-refractivity contribution in [3.8, 4) is 11.1 Å². The van der Waals surface area contributed by atoms with Gasteiger partial charge in [0, 0.05) is 10.8 Å². The minimum absolute atomic E-state index is 0.105. The van der Waals surface area contributed by atoms with Crippen LogP contribution in [0.2, 0.25) is 0 Å². The van der Waals surface area contributed by atoms with Gasteiger partial charge in [0.15, 0.2) is 6.04 Å². The number of carbonyl (C=O) groups is 3. The molecule has 1 aliphatic rings. The van der Waals surface area contributed by atoms with Crippen LogP contribution in [0.15, 0.2) is 66.0 Å². The molecule has 2 aromatic heterocycles. The van der Waals surface area contributed by atoms with Gasteiger partial charge in [-0.3, -0.25) is 15.2 Å². The molecule has 0 spiro atoms. The van der Waals surface area contributed by atoms with E-state index in [1.54, 1.807) is 17.5 Å². The van der Waals surface area contributed by atoms with E-state index in [1.165, 1.54) is 11.3 Å². The van der Waals surface area contributed by atoms with Crippen molar-refractivity contribution < 1.29 is 24.2 Å². The molecule has 4 aromatic rings. The van der Waals surface area contributed by atoms with Gasteiger partial charge in [-0.05, 0) is 33.7 Å². The number of carbonyl (C=O) groups excluding carboxylic acids is 2. The molecule has 11 heteroatoms. The van der Waals surface area contributed by atoms with E-state index in [0.717, 1.165) is 22.3 Å². The number of aliphatic carboxylic acids is 1. The van der Waals surface area contributed by atoms with Crippen molar-refractivity contribution in [1.29, 1.82) is 0 Å². The van der Waals surface area contributed by atoms with Crippen molar-refractivity contribution in [3.05, 3.63) is 87.9 Å². The van der Waals surface area contributed by atoms with Crippen LogP contribution >= 0.6 is 11.3 Å². The van der Waals surface area contributed by atoms with Crippen LogP contribution in [0.4, 0.5) is 10.7 Å². The van der Waals surface area contributed by atoms with Crippen molar-refractivity contribution in [1.82, 2.24) is 20.5 Å². The second kappa shape index (κ2) is 9.39. The number of thiophene rings is 1. The van der Waals surface area contributed by atoms with Gasteiger partial charge in [-0.1, -0.05) is 54.6 Å². The van der Waals surface area contributed by atoms with Crippen molar-refractivity contribution in [2.75, 3.05) is 11.9 Å². The number of carboxylic acids is 1. The normalized spacial score (nSPS) is 12.9. The van der Waals surface area contributed by atoms with Crippen LogP contribution in [0.5, 0.6) is 0 Å². The Hall–Kier alpha value is -4.51. The fourth-order valence-corrected chi connectivity index (χ4v) is 4.82. The summed E-state index contributed by atoms with van der Waals surface area (Å²) >= 11 is 1.20. The maximum Gasteiger partial charge on any atom is 0.414 e. The third-order valence-corrected chi connectivity index (χ3v) is 6.55. The fraction of sp³-hybridized carbons (Fsp3) is 0.125. The van der Waals surface area contributed by atoms with Crippen molar-refractivity contribution in [3.63, 3.8) is 0 Å². The molecule has 0 radical (unpaired) electrons. The lowest BCUT2D eigenvalue weighted by Crippen LogP contribution is -2.33. The molecule has 2 heterocycles. The van der Waals surface area contributed by atoms with Gasteiger partial charge in [0.2, 0.25) is 5.82 Å². The van der Waals surface area contributed by atoms with Crippen molar-refractivity contribution in [2.45, 2.75) is 12.0 Å². The van der Waals surface area contributed by atoms with Crippen LogP contribution in [-0.2, 0) is 9.53 Å². The van der Waals surface area contributed by atoms with Gasteiger partial charge in [-0.25, -0.2) is 9.59 Å². The van der Waals surface area contributed by atoms with Crippen LogP contribution in [0.1, 0.15) is 38.6 Å². The van der Waals surface area contributed by atoms with Gasteiger partial charge in [-0.15, -0.1) is 16.4 Å². The second-order valence-corrected chi connectivity index (χ2v) is 8.70. The molecular weight excluding hydrogens is 470 g/mol. The third kappa shape index (κ3) is 4.49. The number of carboxylic acid groups (broad SMARTS) is 1. The highest BCUT2D eigenvalue weighted by Crippen LogP contribution is 2.44. The Labute approximate surface area is 203 Å². The number of amides is 2. The SMILES string of the molecule is O=C(Nc1n[nH]c(C(=O)NC(C(=O)O)c2cccs2)n1)OCC1c2ccccc2-c2ccccc21. The summed E-state index contributed by atoms with van der Waals surface area (Å²) in [6.07, 6.45) is -0.778. The fourth-order valence-electron chi connectivity index (χ4n) is 4.05. The zero-order valence-corrected chi connectivity index (χ0v) is 18.9. The molecule has 1 unspecified atom stereocenters. The van der Waals surface area contributed by atoms with Crippen LogP contribution in [-0.4, -0.2) is 44.9 Å². The maximum atomic E-state index is 12.4. The van der Waals surface area contributed by atoms with E-state index in [9.17, 15) is 19.5 Å². The zero-order valence-electron chi connectivity index (χ0n) is 18.1. The number of nitrogens with one attached hydrogen (secondary N) is 3.